The van der Waals surface area contributed by atoms with Gasteiger partial charge in [0.1, 0.15) is 17.4 Å². The zero-order chi connectivity index (χ0) is 12.7. The molecule has 0 saturated heterocycles. The number of nitrogens with two attached hydrogens (primary N) is 1. The number of nitrogens with zero attached hydrogens (tertiary/aromatic N) is 3. The number of fused-ring (bicyclic) bond motifs is 1. The van der Waals surface area contributed by atoms with E-state index in [2.05, 4.69) is 21.0 Å². The summed E-state index contributed by atoms with van der Waals surface area (Å²) in [6, 6.07) is 3.79. The summed E-state index contributed by atoms with van der Waals surface area (Å²) in [5, 5.41) is 9.90. The number of rotatable bonds is 1. The lowest BCUT2D eigenvalue weighted by atomic mass is 10.1. The molecule has 3 aromatic rings. The molecule has 0 saturated carbocycles. The fraction of sp³-hybridized carbons (Fsp3) is 0.0833. The van der Waals surface area contributed by atoms with Gasteiger partial charge >= 0.3 is 0 Å². The van der Waals surface area contributed by atoms with Gasteiger partial charge in [-0.2, -0.15) is 5.26 Å². The van der Waals surface area contributed by atoms with Crippen LogP contribution in [0.15, 0.2) is 22.9 Å². The standard InChI is InChI=1S/C12H9N5O/c1-6-16-5-9(18-6)11-7(4-13)10-8(14)2-3-15-12(10)17-11/h2-3,5H,1H3,(H3,14,15,17). The largest absolute Gasteiger partial charge is 0.439 e. The third kappa shape index (κ3) is 1.34. The minimum atomic E-state index is 0.423. The quantitative estimate of drug-likeness (QED) is 0.675. The van der Waals surface area contributed by atoms with Gasteiger partial charge in [0.2, 0.25) is 0 Å². The molecule has 18 heavy (non-hydrogen) atoms. The van der Waals surface area contributed by atoms with E-state index in [9.17, 15) is 5.26 Å². The second-order valence-electron chi connectivity index (χ2n) is 3.85. The van der Waals surface area contributed by atoms with Crippen LogP contribution in [0.3, 0.4) is 0 Å². The molecule has 0 radical (unpaired) electrons. The molecule has 6 nitrogen and oxygen atoms in total. The van der Waals surface area contributed by atoms with Gasteiger partial charge in [0.05, 0.1) is 17.1 Å². The topological polar surface area (TPSA) is 105 Å². The molecule has 0 unspecified atom stereocenters. The number of hydrogen-bond acceptors (Lipinski definition) is 5. The molecule has 3 rings (SSSR count). The Morgan fingerprint density at radius 1 is 1.44 bits per heavy atom. The number of aromatic amines is 1. The molecule has 0 aromatic carbocycles. The van der Waals surface area contributed by atoms with Crippen molar-refractivity contribution in [2.24, 2.45) is 0 Å². The van der Waals surface area contributed by atoms with Crippen molar-refractivity contribution >= 4 is 16.7 Å². The average molecular weight is 239 g/mol. The van der Waals surface area contributed by atoms with E-state index in [1.165, 1.54) is 0 Å². The summed E-state index contributed by atoms with van der Waals surface area (Å²) in [4.78, 5) is 11.2. The molecule has 0 spiro atoms. The summed E-state index contributed by atoms with van der Waals surface area (Å²) in [6.07, 6.45) is 3.15. The molecular weight excluding hydrogens is 230 g/mol. The minimum absolute atomic E-state index is 0.423. The van der Waals surface area contributed by atoms with E-state index in [0.717, 1.165) is 0 Å². The molecule has 3 heterocycles. The van der Waals surface area contributed by atoms with Crippen LogP contribution in [0.5, 0.6) is 0 Å². The summed E-state index contributed by atoms with van der Waals surface area (Å²) in [6.45, 7) is 1.74. The van der Waals surface area contributed by atoms with Crippen molar-refractivity contribution in [3.63, 3.8) is 0 Å². The van der Waals surface area contributed by atoms with Crippen LogP contribution in [0.4, 0.5) is 5.69 Å². The molecule has 0 aliphatic heterocycles. The van der Waals surface area contributed by atoms with Gasteiger partial charge in [0.15, 0.2) is 11.7 Å². The van der Waals surface area contributed by atoms with E-state index < -0.39 is 0 Å². The lowest BCUT2D eigenvalue weighted by Crippen LogP contribution is -1.87. The Kier molecular flexibility index (Phi) is 2.07. The average Bonchev–Trinajstić information content (AvgIpc) is 2.92. The third-order valence-corrected chi connectivity index (χ3v) is 2.71. The Hall–Kier alpha value is -2.81. The SMILES string of the molecule is Cc1ncc(-c2[nH]c3nccc(N)c3c2C#N)o1. The lowest BCUT2D eigenvalue weighted by molar-refractivity contribution is 0.533. The van der Waals surface area contributed by atoms with Crippen LogP contribution in [0, 0.1) is 18.3 Å². The van der Waals surface area contributed by atoms with Crippen molar-refractivity contribution < 1.29 is 4.42 Å². The van der Waals surface area contributed by atoms with Gasteiger partial charge < -0.3 is 15.1 Å². The smallest absolute Gasteiger partial charge is 0.191 e. The number of hydrogen-bond donors (Lipinski definition) is 2. The lowest BCUT2D eigenvalue weighted by Gasteiger charge is -1.94. The van der Waals surface area contributed by atoms with Crippen LogP contribution >= 0.6 is 0 Å². The van der Waals surface area contributed by atoms with Crippen molar-refractivity contribution in [3.05, 3.63) is 29.9 Å². The van der Waals surface area contributed by atoms with Gasteiger partial charge in [-0.25, -0.2) is 9.97 Å². The highest BCUT2D eigenvalue weighted by Gasteiger charge is 2.18. The molecule has 0 aliphatic rings. The fourth-order valence-corrected chi connectivity index (χ4v) is 1.91. The first kappa shape index (κ1) is 10.4. The van der Waals surface area contributed by atoms with Crippen LogP contribution in [0.2, 0.25) is 0 Å². The van der Waals surface area contributed by atoms with Gasteiger partial charge in [-0.1, -0.05) is 0 Å². The van der Waals surface area contributed by atoms with E-state index in [-0.39, 0.29) is 0 Å². The molecule has 3 N–H and O–H groups in total. The zero-order valence-electron chi connectivity index (χ0n) is 9.56. The van der Waals surface area contributed by atoms with Crippen LogP contribution in [-0.2, 0) is 0 Å². The highest BCUT2D eigenvalue weighted by Crippen LogP contribution is 2.32. The molecule has 88 valence electrons. The van der Waals surface area contributed by atoms with Gasteiger partial charge in [0, 0.05) is 18.8 Å². The van der Waals surface area contributed by atoms with Crippen LogP contribution in [0.25, 0.3) is 22.5 Å². The number of H-pyrrole nitrogens is 1. The number of pyridine rings is 1. The van der Waals surface area contributed by atoms with Crippen molar-refractivity contribution in [1.29, 1.82) is 5.26 Å². The van der Waals surface area contributed by atoms with Crippen LogP contribution in [-0.4, -0.2) is 15.0 Å². The molecule has 6 heteroatoms. The number of oxazole rings is 1. The predicted molar refractivity (Wildman–Crippen MR) is 65.5 cm³/mol. The highest BCUT2D eigenvalue weighted by molar-refractivity contribution is 5.98. The summed E-state index contributed by atoms with van der Waals surface area (Å²) < 4.78 is 5.42. The first-order chi connectivity index (χ1) is 8.70. The number of nitrogens with one attached hydrogen (secondary N) is 1. The van der Waals surface area contributed by atoms with Crippen molar-refractivity contribution in [2.45, 2.75) is 6.92 Å². The summed E-state index contributed by atoms with van der Waals surface area (Å²) >= 11 is 0. The minimum Gasteiger partial charge on any atom is -0.439 e. The molecule has 0 fully saturated rings. The fourth-order valence-electron chi connectivity index (χ4n) is 1.91. The second kappa shape index (κ2) is 3.60. The summed E-state index contributed by atoms with van der Waals surface area (Å²) in [5.41, 5.74) is 7.92. The Labute approximate surface area is 102 Å². The number of aryl methyl sites for hydroxylation is 1. The van der Waals surface area contributed by atoms with E-state index in [0.29, 0.717) is 39.6 Å². The molecule has 0 bridgehead atoms. The maximum Gasteiger partial charge on any atom is 0.191 e. The van der Waals surface area contributed by atoms with Crippen molar-refractivity contribution in [1.82, 2.24) is 15.0 Å². The monoisotopic (exact) mass is 239 g/mol. The molecule has 0 atom stereocenters. The Bertz CT molecular complexity index is 777. The van der Waals surface area contributed by atoms with E-state index in [4.69, 9.17) is 10.2 Å². The van der Waals surface area contributed by atoms with Crippen molar-refractivity contribution in [2.75, 3.05) is 5.73 Å². The Morgan fingerprint density at radius 3 is 2.94 bits per heavy atom. The van der Waals surface area contributed by atoms with E-state index >= 15 is 0 Å². The maximum absolute atomic E-state index is 9.28. The Morgan fingerprint density at radius 2 is 2.28 bits per heavy atom. The molecule has 0 amide bonds. The van der Waals surface area contributed by atoms with E-state index in [1.54, 1.807) is 25.4 Å². The molecule has 0 aliphatic carbocycles. The number of anilines is 1. The summed E-state index contributed by atoms with van der Waals surface area (Å²) in [7, 11) is 0. The van der Waals surface area contributed by atoms with Crippen molar-refractivity contribution in [3.8, 4) is 17.5 Å². The number of nitrogen functional groups attached to an aromatic ring is 1. The van der Waals surface area contributed by atoms with Gasteiger partial charge in [-0.05, 0) is 6.07 Å². The maximum atomic E-state index is 9.28. The Balaban J connectivity index is 2.38. The van der Waals surface area contributed by atoms with Gasteiger partial charge in [-0.3, -0.25) is 0 Å². The molecular formula is C12H9N5O. The first-order valence-corrected chi connectivity index (χ1v) is 5.29. The van der Waals surface area contributed by atoms with Gasteiger partial charge in [-0.15, -0.1) is 0 Å². The van der Waals surface area contributed by atoms with Gasteiger partial charge in [0.25, 0.3) is 0 Å². The van der Waals surface area contributed by atoms with Crippen LogP contribution < -0.4 is 5.73 Å². The normalized spacial score (nSPS) is 10.7. The summed E-state index contributed by atoms with van der Waals surface area (Å²) in [5.74, 6) is 1.04. The second-order valence-corrected chi connectivity index (χ2v) is 3.85. The highest BCUT2D eigenvalue weighted by atomic mass is 16.4. The third-order valence-electron chi connectivity index (χ3n) is 2.71. The predicted octanol–water partition coefficient (Wildman–Crippen LogP) is 1.98. The van der Waals surface area contributed by atoms with E-state index in [1.807, 2.05) is 0 Å². The first-order valence-electron chi connectivity index (χ1n) is 5.29. The number of nitriles is 1. The zero-order valence-corrected chi connectivity index (χ0v) is 9.56. The number of aromatic nitrogens is 3. The molecule has 3 aromatic heterocycles. The van der Waals surface area contributed by atoms with Crippen LogP contribution in [0.1, 0.15) is 11.5 Å².